The number of alkyl halides is 3. The molecule has 0 unspecified atom stereocenters. The van der Waals surface area contributed by atoms with E-state index in [4.69, 9.17) is 0 Å². The highest BCUT2D eigenvalue weighted by molar-refractivity contribution is 5.92. The number of carbonyl (C=O) groups is 1. The number of hydrogen-bond acceptors (Lipinski definition) is 4. The van der Waals surface area contributed by atoms with Crippen LogP contribution in [-0.2, 0) is 17.5 Å². The second kappa shape index (κ2) is 8.20. The SMILES string of the molecule is Cc1ccc(NC(=O)CN(Cc2ccc(C(F)(F)F)cc2)C2CC2)cc1[N+](=O)[O-]. The van der Waals surface area contributed by atoms with E-state index in [9.17, 15) is 28.1 Å². The maximum absolute atomic E-state index is 12.7. The van der Waals surface area contributed by atoms with Gasteiger partial charge in [0, 0.05) is 29.9 Å². The predicted molar refractivity (Wildman–Crippen MR) is 101 cm³/mol. The van der Waals surface area contributed by atoms with Crippen LogP contribution in [0.2, 0.25) is 0 Å². The Kier molecular flexibility index (Phi) is 5.88. The first kappa shape index (κ1) is 20.8. The minimum absolute atomic E-state index is 0.0490. The Morgan fingerprint density at radius 1 is 1.21 bits per heavy atom. The van der Waals surface area contributed by atoms with Crippen molar-refractivity contribution >= 4 is 17.3 Å². The Hall–Kier alpha value is -2.94. The van der Waals surface area contributed by atoms with E-state index in [-0.39, 0.29) is 24.2 Å². The molecule has 3 rings (SSSR count). The number of anilines is 1. The van der Waals surface area contributed by atoms with Crippen molar-refractivity contribution in [2.75, 3.05) is 11.9 Å². The van der Waals surface area contributed by atoms with Gasteiger partial charge >= 0.3 is 6.18 Å². The van der Waals surface area contributed by atoms with Gasteiger partial charge in [-0.1, -0.05) is 18.2 Å². The summed E-state index contributed by atoms with van der Waals surface area (Å²) in [5, 5.41) is 13.7. The van der Waals surface area contributed by atoms with Crippen molar-refractivity contribution < 1.29 is 22.9 Å². The van der Waals surface area contributed by atoms with Crippen molar-refractivity contribution in [3.8, 4) is 0 Å². The van der Waals surface area contributed by atoms with E-state index in [2.05, 4.69) is 5.32 Å². The van der Waals surface area contributed by atoms with Crippen LogP contribution in [0.1, 0.15) is 29.5 Å². The average molecular weight is 407 g/mol. The summed E-state index contributed by atoms with van der Waals surface area (Å²) in [7, 11) is 0. The average Bonchev–Trinajstić information content (AvgIpc) is 3.47. The van der Waals surface area contributed by atoms with Crippen molar-refractivity contribution in [3.05, 3.63) is 69.3 Å². The number of halogens is 3. The maximum atomic E-state index is 12.7. The minimum atomic E-state index is -4.38. The van der Waals surface area contributed by atoms with Crippen LogP contribution < -0.4 is 5.32 Å². The van der Waals surface area contributed by atoms with Crippen LogP contribution >= 0.6 is 0 Å². The molecule has 1 amide bonds. The first-order chi connectivity index (χ1) is 13.6. The number of amides is 1. The summed E-state index contributed by atoms with van der Waals surface area (Å²) < 4.78 is 38.1. The topological polar surface area (TPSA) is 75.5 Å². The lowest BCUT2D eigenvalue weighted by Crippen LogP contribution is -2.34. The molecule has 154 valence electrons. The quantitative estimate of drug-likeness (QED) is 0.541. The summed E-state index contributed by atoms with van der Waals surface area (Å²) in [6.07, 6.45) is -2.54. The molecule has 1 fully saturated rings. The molecule has 1 saturated carbocycles. The Balaban J connectivity index is 1.64. The molecule has 1 aliphatic rings. The van der Waals surface area contributed by atoms with E-state index in [1.54, 1.807) is 19.1 Å². The highest BCUT2D eigenvalue weighted by Gasteiger charge is 2.32. The molecule has 1 N–H and O–H groups in total. The molecule has 1 aliphatic carbocycles. The van der Waals surface area contributed by atoms with Crippen molar-refractivity contribution in [2.24, 2.45) is 0 Å². The van der Waals surface area contributed by atoms with Crippen LogP contribution in [-0.4, -0.2) is 28.3 Å². The number of rotatable bonds is 7. The van der Waals surface area contributed by atoms with Crippen LogP contribution in [0.25, 0.3) is 0 Å². The van der Waals surface area contributed by atoms with Gasteiger partial charge in [0.25, 0.3) is 5.69 Å². The third kappa shape index (κ3) is 5.54. The molecule has 0 atom stereocenters. The van der Waals surface area contributed by atoms with Gasteiger partial charge in [-0.05, 0) is 43.5 Å². The monoisotopic (exact) mass is 407 g/mol. The van der Waals surface area contributed by atoms with Gasteiger partial charge in [0.2, 0.25) is 5.91 Å². The molecule has 0 saturated heterocycles. The number of benzene rings is 2. The lowest BCUT2D eigenvalue weighted by Gasteiger charge is -2.22. The minimum Gasteiger partial charge on any atom is -0.325 e. The van der Waals surface area contributed by atoms with Gasteiger partial charge in [-0.25, -0.2) is 0 Å². The largest absolute Gasteiger partial charge is 0.416 e. The first-order valence-corrected chi connectivity index (χ1v) is 9.08. The number of hydrogen-bond donors (Lipinski definition) is 1. The first-order valence-electron chi connectivity index (χ1n) is 9.08. The highest BCUT2D eigenvalue weighted by Crippen LogP contribution is 2.31. The van der Waals surface area contributed by atoms with Crippen molar-refractivity contribution in [1.29, 1.82) is 0 Å². The van der Waals surface area contributed by atoms with Crippen LogP contribution in [0.3, 0.4) is 0 Å². The van der Waals surface area contributed by atoms with Crippen molar-refractivity contribution in [2.45, 2.75) is 38.5 Å². The van der Waals surface area contributed by atoms with Crippen LogP contribution in [0.5, 0.6) is 0 Å². The second-order valence-electron chi connectivity index (χ2n) is 7.14. The maximum Gasteiger partial charge on any atom is 0.416 e. The molecule has 2 aromatic rings. The third-order valence-corrected chi connectivity index (χ3v) is 4.77. The van der Waals surface area contributed by atoms with Crippen molar-refractivity contribution in [1.82, 2.24) is 4.90 Å². The van der Waals surface area contributed by atoms with E-state index < -0.39 is 16.7 Å². The predicted octanol–water partition coefficient (Wildman–Crippen LogP) is 4.53. The second-order valence-corrected chi connectivity index (χ2v) is 7.14. The molecule has 0 bridgehead atoms. The van der Waals surface area contributed by atoms with E-state index in [1.807, 2.05) is 4.90 Å². The van der Waals surface area contributed by atoms with Gasteiger partial charge < -0.3 is 5.32 Å². The molecule has 0 heterocycles. The number of nitrogens with zero attached hydrogens (tertiary/aromatic N) is 2. The number of aryl methyl sites for hydroxylation is 1. The smallest absolute Gasteiger partial charge is 0.325 e. The summed E-state index contributed by atoms with van der Waals surface area (Å²) in [6, 6.07) is 9.57. The molecule has 0 spiro atoms. The molecular weight excluding hydrogens is 387 g/mol. The Labute approximate surface area is 165 Å². The lowest BCUT2D eigenvalue weighted by molar-refractivity contribution is -0.385. The Morgan fingerprint density at radius 3 is 2.41 bits per heavy atom. The molecule has 0 aliphatic heterocycles. The number of carbonyl (C=O) groups excluding carboxylic acids is 1. The summed E-state index contributed by atoms with van der Waals surface area (Å²) in [6.45, 7) is 2.01. The molecule has 6 nitrogen and oxygen atoms in total. The van der Waals surface area contributed by atoms with E-state index >= 15 is 0 Å². The van der Waals surface area contributed by atoms with E-state index in [1.165, 1.54) is 18.2 Å². The number of nitrogens with one attached hydrogen (secondary N) is 1. The van der Waals surface area contributed by atoms with Gasteiger partial charge in [0.1, 0.15) is 0 Å². The van der Waals surface area contributed by atoms with Crippen molar-refractivity contribution in [3.63, 3.8) is 0 Å². The fourth-order valence-corrected chi connectivity index (χ4v) is 3.06. The number of nitro groups is 1. The molecular formula is C20H20F3N3O3. The normalized spacial score (nSPS) is 14.1. The summed E-state index contributed by atoms with van der Waals surface area (Å²) in [5.74, 6) is -0.332. The fraction of sp³-hybridized carbons (Fsp3) is 0.350. The van der Waals surface area contributed by atoms with Crippen LogP contribution in [0.4, 0.5) is 24.5 Å². The lowest BCUT2D eigenvalue weighted by atomic mass is 10.1. The molecule has 0 radical (unpaired) electrons. The summed E-state index contributed by atoms with van der Waals surface area (Å²) in [5.41, 5.74) is 0.723. The van der Waals surface area contributed by atoms with Gasteiger partial charge in [-0.2, -0.15) is 13.2 Å². The fourth-order valence-electron chi connectivity index (χ4n) is 3.06. The van der Waals surface area contributed by atoms with Gasteiger partial charge in [-0.15, -0.1) is 0 Å². The summed E-state index contributed by atoms with van der Waals surface area (Å²) >= 11 is 0. The van der Waals surface area contributed by atoms with E-state index in [0.717, 1.165) is 25.0 Å². The molecule has 0 aromatic heterocycles. The number of nitro benzene ring substituents is 1. The Bertz CT molecular complexity index is 909. The zero-order valence-corrected chi connectivity index (χ0v) is 15.7. The van der Waals surface area contributed by atoms with Gasteiger partial charge in [-0.3, -0.25) is 19.8 Å². The Morgan fingerprint density at radius 2 is 1.86 bits per heavy atom. The molecule has 2 aromatic carbocycles. The third-order valence-electron chi connectivity index (χ3n) is 4.77. The molecule has 9 heteroatoms. The summed E-state index contributed by atoms with van der Waals surface area (Å²) in [4.78, 5) is 24.9. The van der Waals surface area contributed by atoms with Gasteiger partial charge in [0.15, 0.2) is 0 Å². The zero-order valence-electron chi connectivity index (χ0n) is 15.7. The standard InChI is InChI=1S/C20H20F3N3O3/c1-13-2-7-16(10-18(13)26(28)29)24-19(27)12-25(17-8-9-17)11-14-3-5-15(6-4-14)20(21,22)23/h2-7,10,17H,8-9,11-12H2,1H3,(H,24,27). The van der Waals surface area contributed by atoms with Gasteiger partial charge in [0.05, 0.1) is 17.0 Å². The zero-order chi connectivity index (χ0) is 21.2. The molecule has 29 heavy (non-hydrogen) atoms. The van der Waals surface area contributed by atoms with Crippen LogP contribution in [0, 0.1) is 17.0 Å². The van der Waals surface area contributed by atoms with E-state index in [0.29, 0.717) is 23.4 Å². The highest BCUT2D eigenvalue weighted by atomic mass is 19.4. The van der Waals surface area contributed by atoms with Crippen LogP contribution in [0.15, 0.2) is 42.5 Å².